The summed E-state index contributed by atoms with van der Waals surface area (Å²) in [5, 5.41) is 19.1. The van der Waals surface area contributed by atoms with E-state index in [1.165, 1.54) is 11.0 Å². The highest BCUT2D eigenvalue weighted by Gasteiger charge is 1.98. The summed E-state index contributed by atoms with van der Waals surface area (Å²) in [6.07, 6.45) is 1.51. The molecule has 2 aromatic rings. The maximum absolute atomic E-state index is 8.33. The number of hydrogen-bond acceptors (Lipinski definition) is 5. The summed E-state index contributed by atoms with van der Waals surface area (Å²) in [4.78, 5) is 0. The van der Waals surface area contributed by atoms with Crippen molar-refractivity contribution >= 4 is 0 Å². The maximum atomic E-state index is 8.33. The minimum Gasteiger partial charge on any atom is -0.479 e. The second kappa shape index (κ2) is 4.19. The number of nitriles is 1. The van der Waals surface area contributed by atoms with Gasteiger partial charge >= 0.3 is 0 Å². The van der Waals surface area contributed by atoms with Gasteiger partial charge in [0.15, 0.2) is 6.61 Å². The lowest BCUT2D eigenvalue weighted by Gasteiger charge is -2.02. The molecule has 6 nitrogen and oxygen atoms in total. The molecule has 0 aliphatic carbocycles. The lowest BCUT2D eigenvalue weighted by atomic mass is 10.3. The molecular formula is C9H7N5O. The molecule has 0 saturated heterocycles. The molecule has 0 saturated carbocycles. The number of aromatic nitrogens is 4. The average Bonchev–Trinajstić information content (AvgIpc) is 2.80. The largest absolute Gasteiger partial charge is 0.479 e. The predicted octanol–water partition coefficient (Wildman–Crippen LogP) is 0.565. The third kappa shape index (κ3) is 2.08. The standard InChI is InChI=1S/C9H7N5O/c10-5-6-15-9-3-1-8(2-4-9)14-7-11-12-13-14/h1-4,7H,6H2. The Bertz CT molecular complexity index is 456. The van der Waals surface area contributed by atoms with Gasteiger partial charge in [-0.05, 0) is 34.7 Å². The Labute approximate surface area is 85.7 Å². The lowest BCUT2D eigenvalue weighted by Crippen LogP contribution is -1.96. The minimum absolute atomic E-state index is 0.0459. The third-order valence-electron chi connectivity index (χ3n) is 1.75. The number of nitrogens with zero attached hydrogens (tertiary/aromatic N) is 5. The van der Waals surface area contributed by atoms with Crippen LogP contribution in [0.5, 0.6) is 5.75 Å². The van der Waals surface area contributed by atoms with Crippen LogP contribution in [0.1, 0.15) is 0 Å². The maximum Gasteiger partial charge on any atom is 0.174 e. The van der Waals surface area contributed by atoms with E-state index in [4.69, 9.17) is 10.00 Å². The van der Waals surface area contributed by atoms with Crippen molar-refractivity contribution in [3.8, 4) is 17.5 Å². The van der Waals surface area contributed by atoms with E-state index >= 15 is 0 Å². The van der Waals surface area contributed by atoms with E-state index in [1.54, 1.807) is 12.1 Å². The van der Waals surface area contributed by atoms with Gasteiger partial charge in [-0.25, -0.2) is 4.68 Å². The van der Waals surface area contributed by atoms with Crippen LogP contribution in [-0.2, 0) is 0 Å². The van der Waals surface area contributed by atoms with E-state index in [2.05, 4.69) is 15.5 Å². The van der Waals surface area contributed by atoms with E-state index in [0.717, 1.165) is 5.69 Å². The summed E-state index contributed by atoms with van der Waals surface area (Å²) in [6, 6.07) is 9.03. The molecule has 2 rings (SSSR count). The molecule has 0 spiro atoms. The summed E-state index contributed by atoms with van der Waals surface area (Å²) in [6.45, 7) is 0.0459. The smallest absolute Gasteiger partial charge is 0.174 e. The zero-order valence-corrected chi connectivity index (χ0v) is 7.74. The molecule has 6 heteroatoms. The van der Waals surface area contributed by atoms with Crippen LogP contribution in [0.2, 0.25) is 0 Å². The van der Waals surface area contributed by atoms with Crippen LogP contribution < -0.4 is 4.74 Å². The number of benzene rings is 1. The molecule has 0 amide bonds. The molecule has 0 bridgehead atoms. The van der Waals surface area contributed by atoms with Crippen molar-refractivity contribution in [2.75, 3.05) is 6.61 Å². The van der Waals surface area contributed by atoms with E-state index in [-0.39, 0.29) is 6.61 Å². The molecule has 0 aliphatic heterocycles. The number of tetrazole rings is 1. The highest BCUT2D eigenvalue weighted by atomic mass is 16.5. The summed E-state index contributed by atoms with van der Waals surface area (Å²) >= 11 is 0. The zero-order valence-electron chi connectivity index (χ0n) is 7.74. The fraction of sp³-hybridized carbons (Fsp3) is 0.111. The van der Waals surface area contributed by atoms with Gasteiger partial charge < -0.3 is 4.74 Å². The van der Waals surface area contributed by atoms with E-state index in [0.29, 0.717) is 5.75 Å². The van der Waals surface area contributed by atoms with Crippen molar-refractivity contribution in [2.24, 2.45) is 0 Å². The zero-order chi connectivity index (χ0) is 10.5. The summed E-state index contributed by atoms with van der Waals surface area (Å²) in [5.74, 6) is 0.647. The lowest BCUT2D eigenvalue weighted by molar-refractivity contribution is 0.368. The Kier molecular flexibility index (Phi) is 2.56. The van der Waals surface area contributed by atoms with Crippen molar-refractivity contribution in [3.05, 3.63) is 30.6 Å². The van der Waals surface area contributed by atoms with Gasteiger partial charge in [0, 0.05) is 0 Å². The van der Waals surface area contributed by atoms with E-state index in [1.807, 2.05) is 18.2 Å². The van der Waals surface area contributed by atoms with Crippen molar-refractivity contribution < 1.29 is 4.74 Å². The summed E-state index contributed by atoms with van der Waals surface area (Å²) < 4.78 is 6.64. The molecular weight excluding hydrogens is 194 g/mol. The van der Waals surface area contributed by atoms with Crippen LogP contribution in [0.15, 0.2) is 30.6 Å². The quantitative estimate of drug-likeness (QED) is 0.725. The van der Waals surface area contributed by atoms with Crippen molar-refractivity contribution in [2.45, 2.75) is 0 Å². The van der Waals surface area contributed by atoms with Gasteiger partial charge in [-0.3, -0.25) is 0 Å². The van der Waals surface area contributed by atoms with Gasteiger partial charge in [-0.2, -0.15) is 5.26 Å². The van der Waals surface area contributed by atoms with Crippen molar-refractivity contribution in [1.29, 1.82) is 5.26 Å². The third-order valence-corrected chi connectivity index (χ3v) is 1.75. The minimum atomic E-state index is 0.0459. The predicted molar refractivity (Wildman–Crippen MR) is 50.3 cm³/mol. The number of ether oxygens (including phenoxy) is 1. The topological polar surface area (TPSA) is 76.6 Å². The van der Waals surface area contributed by atoms with E-state index in [9.17, 15) is 0 Å². The normalized spacial score (nSPS) is 9.53. The van der Waals surface area contributed by atoms with Crippen molar-refractivity contribution in [1.82, 2.24) is 20.2 Å². The number of rotatable bonds is 3. The Morgan fingerprint density at radius 2 is 2.13 bits per heavy atom. The monoisotopic (exact) mass is 201 g/mol. The van der Waals surface area contributed by atoms with Crippen LogP contribution in [0.4, 0.5) is 0 Å². The molecule has 1 heterocycles. The fourth-order valence-corrected chi connectivity index (χ4v) is 1.09. The number of hydrogen-bond donors (Lipinski definition) is 0. The van der Waals surface area contributed by atoms with Crippen LogP contribution in [0, 0.1) is 11.3 Å². The first-order valence-electron chi connectivity index (χ1n) is 4.23. The van der Waals surface area contributed by atoms with Crippen molar-refractivity contribution in [3.63, 3.8) is 0 Å². The molecule has 0 radical (unpaired) electrons. The molecule has 0 unspecified atom stereocenters. The molecule has 0 aliphatic rings. The van der Waals surface area contributed by atoms with Gasteiger partial charge in [0.25, 0.3) is 0 Å². The average molecular weight is 201 g/mol. The Morgan fingerprint density at radius 1 is 1.33 bits per heavy atom. The summed E-state index contributed by atoms with van der Waals surface area (Å²) in [5.41, 5.74) is 0.837. The summed E-state index contributed by atoms with van der Waals surface area (Å²) in [7, 11) is 0. The highest BCUT2D eigenvalue weighted by molar-refractivity contribution is 5.36. The SMILES string of the molecule is N#CCOc1ccc(-n2cnnn2)cc1. The van der Waals surface area contributed by atoms with Crippen LogP contribution >= 0.6 is 0 Å². The molecule has 74 valence electrons. The van der Waals surface area contributed by atoms with Gasteiger partial charge in [-0.1, -0.05) is 0 Å². The molecule has 1 aromatic heterocycles. The Hall–Kier alpha value is -2.42. The van der Waals surface area contributed by atoms with Gasteiger partial charge in [0.2, 0.25) is 0 Å². The molecule has 0 fully saturated rings. The van der Waals surface area contributed by atoms with Crippen LogP contribution in [0.25, 0.3) is 5.69 Å². The molecule has 15 heavy (non-hydrogen) atoms. The van der Waals surface area contributed by atoms with Crippen LogP contribution in [0.3, 0.4) is 0 Å². The van der Waals surface area contributed by atoms with Crippen LogP contribution in [-0.4, -0.2) is 26.8 Å². The second-order valence-corrected chi connectivity index (χ2v) is 2.70. The highest BCUT2D eigenvalue weighted by Crippen LogP contribution is 2.13. The molecule has 0 N–H and O–H groups in total. The van der Waals surface area contributed by atoms with E-state index < -0.39 is 0 Å². The first-order chi connectivity index (χ1) is 7.40. The van der Waals surface area contributed by atoms with Gasteiger partial charge in [0.05, 0.1) is 5.69 Å². The Morgan fingerprint density at radius 3 is 2.73 bits per heavy atom. The van der Waals surface area contributed by atoms with Gasteiger partial charge in [-0.15, -0.1) is 5.10 Å². The molecule has 1 aromatic carbocycles. The second-order valence-electron chi connectivity index (χ2n) is 2.70. The first kappa shape index (κ1) is 9.15. The van der Waals surface area contributed by atoms with Gasteiger partial charge in [0.1, 0.15) is 18.1 Å². The first-order valence-corrected chi connectivity index (χ1v) is 4.23. The fourth-order valence-electron chi connectivity index (χ4n) is 1.09. The Balaban J connectivity index is 2.15. The molecule has 0 atom stereocenters.